The maximum Gasteiger partial charge on any atom is 0.243 e. The highest BCUT2D eigenvalue weighted by molar-refractivity contribution is 7.89. The molecule has 0 bridgehead atoms. The monoisotopic (exact) mass is 389 g/mol. The van der Waals surface area contributed by atoms with Gasteiger partial charge in [0.25, 0.3) is 0 Å². The molecule has 7 nitrogen and oxygen atoms in total. The van der Waals surface area contributed by atoms with Gasteiger partial charge in [-0.05, 0) is 55.4 Å². The van der Waals surface area contributed by atoms with Crippen molar-refractivity contribution in [2.45, 2.75) is 43.1 Å². The number of fused-ring (bicyclic) bond motifs is 1. The van der Waals surface area contributed by atoms with Crippen LogP contribution < -0.4 is 9.47 Å². The van der Waals surface area contributed by atoms with E-state index in [0.29, 0.717) is 36.2 Å². The average molecular weight is 389 g/mol. The van der Waals surface area contributed by atoms with Crippen molar-refractivity contribution in [3.05, 3.63) is 41.5 Å². The van der Waals surface area contributed by atoms with E-state index in [1.807, 2.05) is 12.1 Å². The minimum Gasteiger partial charge on any atom is -0.480 e. The first-order valence-corrected chi connectivity index (χ1v) is 10.7. The summed E-state index contributed by atoms with van der Waals surface area (Å²) < 4.78 is 38.3. The van der Waals surface area contributed by atoms with Crippen LogP contribution in [0.4, 0.5) is 0 Å². The number of hydrogen-bond donors (Lipinski definition) is 0. The van der Waals surface area contributed by atoms with E-state index in [2.05, 4.69) is 10.2 Å². The van der Waals surface area contributed by atoms with Crippen molar-refractivity contribution in [2.75, 3.05) is 20.2 Å². The third-order valence-electron chi connectivity index (χ3n) is 5.18. The number of sulfonamides is 1. The third kappa shape index (κ3) is 3.77. The molecular formula is C19H23N3O4S. The Morgan fingerprint density at radius 2 is 1.78 bits per heavy atom. The Hall–Kier alpha value is -2.19. The fourth-order valence-corrected chi connectivity index (χ4v) is 5.22. The molecule has 0 amide bonds. The second kappa shape index (κ2) is 7.44. The zero-order valence-electron chi connectivity index (χ0n) is 15.3. The minimum absolute atomic E-state index is 0.236. The zero-order valence-corrected chi connectivity index (χ0v) is 16.1. The molecule has 1 aromatic carbocycles. The lowest BCUT2D eigenvalue weighted by Gasteiger charge is -2.20. The highest BCUT2D eigenvalue weighted by Gasteiger charge is 2.34. The fourth-order valence-electron chi connectivity index (χ4n) is 3.68. The molecule has 8 heteroatoms. The lowest BCUT2D eigenvalue weighted by Crippen LogP contribution is -2.31. The van der Waals surface area contributed by atoms with Crippen molar-refractivity contribution in [2.24, 2.45) is 0 Å². The maximum absolute atomic E-state index is 13.0. The van der Waals surface area contributed by atoms with Crippen molar-refractivity contribution < 1.29 is 17.9 Å². The quantitative estimate of drug-likeness (QED) is 0.780. The molecule has 1 aliphatic carbocycles. The number of methoxy groups -OCH3 is 1. The Morgan fingerprint density at radius 1 is 1.04 bits per heavy atom. The van der Waals surface area contributed by atoms with Crippen LogP contribution in [0, 0.1) is 0 Å². The number of aromatic nitrogens is 2. The molecule has 1 aliphatic heterocycles. The average Bonchev–Trinajstić information content (AvgIpc) is 3.17. The van der Waals surface area contributed by atoms with Gasteiger partial charge in [0.2, 0.25) is 21.8 Å². The van der Waals surface area contributed by atoms with Gasteiger partial charge in [0, 0.05) is 18.7 Å². The zero-order chi connectivity index (χ0) is 18.9. The number of aryl methyl sites for hydroxylation is 2. The summed E-state index contributed by atoms with van der Waals surface area (Å²) in [5, 5.41) is 7.81. The van der Waals surface area contributed by atoms with Gasteiger partial charge in [0.1, 0.15) is 6.10 Å². The maximum atomic E-state index is 13.0. The van der Waals surface area contributed by atoms with E-state index in [1.54, 1.807) is 18.2 Å². The van der Waals surface area contributed by atoms with E-state index in [1.165, 1.54) is 29.0 Å². The van der Waals surface area contributed by atoms with Gasteiger partial charge in [-0.3, -0.25) is 0 Å². The van der Waals surface area contributed by atoms with Gasteiger partial charge >= 0.3 is 0 Å². The van der Waals surface area contributed by atoms with Crippen molar-refractivity contribution in [3.63, 3.8) is 0 Å². The van der Waals surface area contributed by atoms with Gasteiger partial charge < -0.3 is 9.47 Å². The Bertz CT molecular complexity index is 915. The van der Waals surface area contributed by atoms with Gasteiger partial charge in [0.15, 0.2) is 0 Å². The van der Waals surface area contributed by atoms with Crippen LogP contribution in [0.2, 0.25) is 0 Å². The number of hydrogen-bond acceptors (Lipinski definition) is 6. The van der Waals surface area contributed by atoms with Crippen LogP contribution in [0.1, 0.15) is 30.4 Å². The largest absolute Gasteiger partial charge is 0.480 e. The van der Waals surface area contributed by atoms with E-state index in [4.69, 9.17) is 9.47 Å². The molecule has 144 valence electrons. The first-order chi connectivity index (χ1) is 13.1. The van der Waals surface area contributed by atoms with Crippen LogP contribution in [0.25, 0.3) is 0 Å². The number of nitrogens with zero attached hydrogens (tertiary/aromatic N) is 3. The lowest BCUT2D eigenvalue weighted by atomic mass is 9.92. The van der Waals surface area contributed by atoms with Crippen LogP contribution in [-0.2, 0) is 22.9 Å². The van der Waals surface area contributed by atoms with E-state index >= 15 is 0 Å². The molecule has 2 aromatic rings. The minimum atomic E-state index is -3.51. The molecule has 2 heterocycles. The highest BCUT2D eigenvalue weighted by Crippen LogP contribution is 2.28. The second-order valence-electron chi connectivity index (χ2n) is 6.94. The topological polar surface area (TPSA) is 81.6 Å². The van der Waals surface area contributed by atoms with Crippen LogP contribution in [0.3, 0.4) is 0 Å². The number of rotatable bonds is 5. The van der Waals surface area contributed by atoms with Gasteiger partial charge in [-0.15, -0.1) is 10.2 Å². The van der Waals surface area contributed by atoms with Crippen LogP contribution in [0.5, 0.6) is 11.8 Å². The van der Waals surface area contributed by atoms with E-state index in [-0.39, 0.29) is 6.10 Å². The molecule has 1 aromatic heterocycles. The number of benzene rings is 1. The molecule has 0 radical (unpaired) electrons. The first-order valence-electron chi connectivity index (χ1n) is 9.22. The Balaban J connectivity index is 1.45. The molecular weight excluding hydrogens is 366 g/mol. The smallest absolute Gasteiger partial charge is 0.243 e. The summed E-state index contributed by atoms with van der Waals surface area (Å²) >= 11 is 0. The predicted molar refractivity (Wildman–Crippen MR) is 99.5 cm³/mol. The summed E-state index contributed by atoms with van der Waals surface area (Å²) in [7, 11) is -1.99. The van der Waals surface area contributed by atoms with Crippen molar-refractivity contribution in [3.8, 4) is 11.8 Å². The Kier molecular flexibility index (Phi) is 5.01. The first kappa shape index (κ1) is 18.2. The SMILES string of the molecule is COc1ccc(OC2CCN(S(=O)(=O)c3ccc4c(c3)CCCC4)C2)nn1. The molecule has 0 N–H and O–H groups in total. The standard InChI is InChI=1S/C19H23N3O4S/c1-25-18-8-9-19(21-20-18)26-16-10-11-22(13-16)27(23,24)17-7-6-14-4-2-3-5-15(14)12-17/h6-9,12,16H,2-5,10-11,13H2,1H3. The molecule has 1 fully saturated rings. The lowest BCUT2D eigenvalue weighted by molar-refractivity contribution is 0.203. The summed E-state index contributed by atoms with van der Waals surface area (Å²) in [6.07, 6.45) is 4.69. The molecule has 27 heavy (non-hydrogen) atoms. The molecule has 1 atom stereocenters. The molecule has 0 spiro atoms. The van der Waals surface area contributed by atoms with Crippen LogP contribution >= 0.6 is 0 Å². The van der Waals surface area contributed by atoms with Crippen LogP contribution in [0.15, 0.2) is 35.2 Å². The van der Waals surface area contributed by atoms with Gasteiger partial charge in [-0.1, -0.05) is 6.07 Å². The van der Waals surface area contributed by atoms with Gasteiger partial charge in [-0.25, -0.2) is 8.42 Å². The van der Waals surface area contributed by atoms with Gasteiger partial charge in [0.05, 0.1) is 18.6 Å². The van der Waals surface area contributed by atoms with Crippen molar-refractivity contribution in [1.29, 1.82) is 0 Å². The van der Waals surface area contributed by atoms with E-state index in [9.17, 15) is 8.42 Å². The third-order valence-corrected chi connectivity index (χ3v) is 7.04. The predicted octanol–water partition coefficient (Wildman–Crippen LogP) is 2.21. The normalized spacial score (nSPS) is 20.3. The Labute approximate surface area is 159 Å². The summed E-state index contributed by atoms with van der Waals surface area (Å²) in [5.41, 5.74) is 2.45. The van der Waals surface area contributed by atoms with Gasteiger partial charge in [-0.2, -0.15) is 4.31 Å². The van der Waals surface area contributed by atoms with E-state index in [0.717, 1.165) is 19.3 Å². The summed E-state index contributed by atoms with van der Waals surface area (Å²) in [4.78, 5) is 0.382. The fraction of sp³-hybridized carbons (Fsp3) is 0.474. The molecule has 1 saturated heterocycles. The summed E-state index contributed by atoms with van der Waals surface area (Å²) in [5.74, 6) is 0.777. The highest BCUT2D eigenvalue weighted by atomic mass is 32.2. The number of ether oxygens (including phenoxy) is 2. The van der Waals surface area contributed by atoms with Crippen molar-refractivity contribution >= 4 is 10.0 Å². The van der Waals surface area contributed by atoms with Crippen LogP contribution in [-0.4, -0.2) is 49.2 Å². The van der Waals surface area contributed by atoms with Crippen molar-refractivity contribution in [1.82, 2.24) is 14.5 Å². The molecule has 4 rings (SSSR count). The molecule has 2 aliphatic rings. The second-order valence-corrected chi connectivity index (χ2v) is 8.88. The molecule has 1 unspecified atom stereocenters. The Morgan fingerprint density at radius 3 is 2.52 bits per heavy atom. The molecule has 0 saturated carbocycles. The van der Waals surface area contributed by atoms with E-state index < -0.39 is 10.0 Å². The summed E-state index contributed by atoms with van der Waals surface area (Å²) in [6, 6.07) is 8.90. The summed E-state index contributed by atoms with van der Waals surface area (Å²) in [6.45, 7) is 0.751.